The highest BCUT2D eigenvalue weighted by Crippen LogP contribution is 2.40. The van der Waals surface area contributed by atoms with E-state index in [-0.39, 0.29) is 11.6 Å². The molecule has 0 saturated carbocycles. The molecule has 6 nitrogen and oxygen atoms in total. The Morgan fingerprint density at radius 3 is 2.52 bits per heavy atom. The van der Waals surface area contributed by atoms with Crippen LogP contribution < -0.4 is 9.64 Å². The summed E-state index contributed by atoms with van der Waals surface area (Å²) in [5, 5.41) is 28.7. The van der Waals surface area contributed by atoms with Gasteiger partial charge in [0.15, 0.2) is 5.88 Å². The molecule has 1 aromatic carbocycles. The normalized spacial score (nSPS) is 20.2. The molecular formula is C15H13N3O3. The van der Waals surface area contributed by atoms with Crippen LogP contribution in [0.4, 0.5) is 5.69 Å². The van der Waals surface area contributed by atoms with Gasteiger partial charge in [0.25, 0.3) is 5.91 Å². The number of carbonyl (C=O) groups excluding carboxylic acids is 1. The standard InChI is InChI=1S/C15H13N3O3/c1-10-7-13(19)18(14(20)15(10,8-16)9-17)11-5-3-4-6-12(11)21-2/h3-7,10,19H,1-2H3. The molecule has 2 rings (SSSR count). The number of rotatable bonds is 2. The third kappa shape index (κ3) is 1.98. The van der Waals surface area contributed by atoms with Gasteiger partial charge in [0.05, 0.1) is 24.9 Å². The molecule has 1 unspecified atom stereocenters. The largest absolute Gasteiger partial charge is 0.495 e. The van der Waals surface area contributed by atoms with Gasteiger partial charge in [-0.1, -0.05) is 19.1 Å². The highest BCUT2D eigenvalue weighted by atomic mass is 16.5. The van der Waals surface area contributed by atoms with E-state index in [1.807, 2.05) is 0 Å². The van der Waals surface area contributed by atoms with Crippen molar-refractivity contribution >= 4 is 11.6 Å². The predicted octanol–water partition coefficient (Wildman–Crippen LogP) is 2.11. The van der Waals surface area contributed by atoms with Crippen LogP contribution in [0.1, 0.15) is 6.92 Å². The van der Waals surface area contributed by atoms with Crippen molar-refractivity contribution in [3.8, 4) is 17.9 Å². The van der Waals surface area contributed by atoms with Crippen LogP contribution in [0.5, 0.6) is 5.75 Å². The van der Waals surface area contributed by atoms with Crippen molar-refractivity contribution in [2.24, 2.45) is 11.3 Å². The Morgan fingerprint density at radius 1 is 1.33 bits per heavy atom. The number of benzene rings is 1. The minimum atomic E-state index is -1.87. The highest BCUT2D eigenvalue weighted by Gasteiger charge is 2.51. The van der Waals surface area contributed by atoms with Gasteiger partial charge in [-0.3, -0.25) is 4.79 Å². The summed E-state index contributed by atoms with van der Waals surface area (Å²) < 4.78 is 5.16. The number of ether oxygens (including phenoxy) is 1. The molecule has 0 radical (unpaired) electrons. The first-order valence-electron chi connectivity index (χ1n) is 6.22. The van der Waals surface area contributed by atoms with Gasteiger partial charge in [0.1, 0.15) is 5.75 Å². The number of nitriles is 2. The molecule has 1 aliphatic heterocycles. The van der Waals surface area contributed by atoms with Gasteiger partial charge >= 0.3 is 0 Å². The molecule has 1 atom stereocenters. The zero-order chi connectivity index (χ0) is 15.6. The minimum absolute atomic E-state index is 0.278. The van der Waals surface area contributed by atoms with Crippen molar-refractivity contribution in [3.05, 3.63) is 36.2 Å². The van der Waals surface area contributed by atoms with E-state index in [1.54, 1.807) is 43.3 Å². The molecule has 21 heavy (non-hydrogen) atoms. The lowest BCUT2D eigenvalue weighted by atomic mass is 9.75. The Balaban J connectivity index is 2.65. The summed E-state index contributed by atoms with van der Waals surface area (Å²) in [5.74, 6) is -1.47. The van der Waals surface area contributed by atoms with Gasteiger partial charge in [0, 0.05) is 5.92 Å². The molecule has 0 fully saturated rings. The van der Waals surface area contributed by atoms with E-state index in [4.69, 9.17) is 4.74 Å². The first-order valence-corrected chi connectivity index (χ1v) is 6.22. The highest BCUT2D eigenvalue weighted by molar-refractivity contribution is 6.05. The molecule has 1 amide bonds. The second kappa shape index (κ2) is 5.18. The Labute approximate surface area is 122 Å². The smallest absolute Gasteiger partial charge is 0.269 e. The van der Waals surface area contributed by atoms with Crippen LogP contribution in [0.15, 0.2) is 36.2 Å². The maximum atomic E-state index is 12.6. The number of amides is 1. The zero-order valence-electron chi connectivity index (χ0n) is 11.6. The number of methoxy groups -OCH3 is 1. The lowest BCUT2D eigenvalue weighted by Gasteiger charge is -2.35. The number of aliphatic hydroxyl groups excluding tert-OH is 1. The number of anilines is 1. The van der Waals surface area contributed by atoms with Crippen molar-refractivity contribution in [2.45, 2.75) is 6.92 Å². The van der Waals surface area contributed by atoms with Gasteiger partial charge in [-0.25, -0.2) is 4.90 Å². The number of nitrogens with zero attached hydrogens (tertiary/aromatic N) is 3. The van der Waals surface area contributed by atoms with Gasteiger partial charge < -0.3 is 9.84 Å². The Kier molecular flexibility index (Phi) is 3.56. The third-order valence-corrected chi connectivity index (χ3v) is 3.53. The van der Waals surface area contributed by atoms with Crippen molar-refractivity contribution in [3.63, 3.8) is 0 Å². The molecular weight excluding hydrogens is 270 g/mol. The van der Waals surface area contributed by atoms with E-state index in [2.05, 4.69) is 0 Å². The fourth-order valence-corrected chi connectivity index (χ4v) is 2.27. The quantitative estimate of drug-likeness (QED) is 0.896. The first kappa shape index (κ1) is 14.4. The number of para-hydroxylation sites is 2. The van der Waals surface area contributed by atoms with Gasteiger partial charge in [-0.05, 0) is 18.2 Å². The molecule has 1 aromatic rings. The molecule has 0 aliphatic carbocycles. The van der Waals surface area contributed by atoms with E-state index < -0.39 is 17.2 Å². The average Bonchev–Trinajstić information content (AvgIpc) is 2.49. The van der Waals surface area contributed by atoms with Crippen molar-refractivity contribution < 1.29 is 14.6 Å². The van der Waals surface area contributed by atoms with Crippen LogP contribution in [-0.2, 0) is 4.79 Å². The summed E-state index contributed by atoms with van der Waals surface area (Å²) in [6.45, 7) is 1.54. The molecule has 0 saturated heterocycles. The van der Waals surface area contributed by atoms with Gasteiger partial charge in [-0.2, -0.15) is 10.5 Å². The molecule has 6 heteroatoms. The fourth-order valence-electron chi connectivity index (χ4n) is 2.27. The van der Waals surface area contributed by atoms with E-state index in [0.717, 1.165) is 4.90 Å². The Bertz CT molecular complexity index is 683. The summed E-state index contributed by atoms with van der Waals surface area (Å²) >= 11 is 0. The molecule has 1 aliphatic rings. The summed E-state index contributed by atoms with van der Waals surface area (Å²) in [5.41, 5.74) is -1.59. The molecule has 1 heterocycles. The Hall–Kier alpha value is -2.99. The number of aliphatic hydroxyl groups is 1. The summed E-state index contributed by atoms with van der Waals surface area (Å²) in [6, 6.07) is 10.1. The van der Waals surface area contributed by atoms with Crippen LogP contribution in [0.2, 0.25) is 0 Å². The summed E-state index contributed by atoms with van der Waals surface area (Å²) in [6.07, 6.45) is 1.32. The Morgan fingerprint density at radius 2 is 1.95 bits per heavy atom. The van der Waals surface area contributed by atoms with E-state index >= 15 is 0 Å². The topological polar surface area (TPSA) is 97.4 Å². The monoisotopic (exact) mass is 283 g/mol. The van der Waals surface area contributed by atoms with Crippen LogP contribution in [0.25, 0.3) is 0 Å². The number of hydrogen-bond donors (Lipinski definition) is 1. The molecule has 0 bridgehead atoms. The van der Waals surface area contributed by atoms with Crippen LogP contribution >= 0.6 is 0 Å². The zero-order valence-corrected chi connectivity index (χ0v) is 11.6. The van der Waals surface area contributed by atoms with Crippen molar-refractivity contribution in [1.29, 1.82) is 10.5 Å². The first-order chi connectivity index (χ1) is 10.0. The minimum Gasteiger partial charge on any atom is -0.495 e. The van der Waals surface area contributed by atoms with Crippen LogP contribution in [0, 0.1) is 34.0 Å². The maximum Gasteiger partial charge on any atom is 0.269 e. The van der Waals surface area contributed by atoms with E-state index in [0.29, 0.717) is 5.75 Å². The van der Waals surface area contributed by atoms with Crippen molar-refractivity contribution in [1.82, 2.24) is 0 Å². The lowest BCUT2D eigenvalue weighted by molar-refractivity contribution is -0.125. The van der Waals surface area contributed by atoms with Crippen molar-refractivity contribution in [2.75, 3.05) is 12.0 Å². The fraction of sp³-hybridized carbons (Fsp3) is 0.267. The third-order valence-electron chi connectivity index (χ3n) is 3.53. The van der Waals surface area contributed by atoms with Crippen LogP contribution in [0.3, 0.4) is 0 Å². The van der Waals surface area contributed by atoms with Crippen LogP contribution in [-0.4, -0.2) is 18.1 Å². The number of allylic oxidation sites excluding steroid dienone is 1. The number of carbonyl (C=O) groups is 1. The molecule has 0 spiro atoms. The second-order valence-electron chi connectivity index (χ2n) is 4.66. The van der Waals surface area contributed by atoms with E-state index in [9.17, 15) is 20.4 Å². The van der Waals surface area contributed by atoms with E-state index in [1.165, 1.54) is 13.2 Å². The lowest BCUT2D eigenvalue weighted by Crippen LogP contribution is -2.49. The molecule has 106 valence electrons. The maximum absolute atomic E-state index is 12.6. The van der Waals surface area contributed by atoms with Gasteiger partial charge in [0.2, 0.25) is 5.41 Å². The van der Waals surface area contributed by atoms with Gasteiger partial charge in [-0.15, -0.1) is 0 Å². The summed E-state index contributed by atoms with van der Waals surface area (Å²) in [4.78, 5) is 13.6. The predicted molar refractivity (Wildman–Crippen MR) is 74.0 cm³/mol. The average molecular weight is 283 g/mol. The number of hydrogen-bond acceptors (Lipinski definition) is 5. The molecule has 1 N–H and O–H groups in total. The molecule has 0 aromatic heterocycles. The SMILES string of the molecule is COc1ccccc1N1C(=O)C(C#N)(C#N)C(C)C=C1O. The second-order valence-corrected chi connectivity index (χ2v) is 4.66. The summed E-state index contributed by atoms with van der Waals surface area (Å²) in [7, 11) is 1.43.